The number of anilines is 1. The van der Waals surface area contributed by atoms with Gasteiger partial charge in [-0.1, -0.05) is 23.7 Å². The molecule has 0 unspecified atom stereocenters. The molecule has 2 rings (SSSR count). The molecule has 0 saturated heterocycles. The van der Waals surface area contributed by atoms with Gasteiger partial charge in [-0.3, -0.25) is 4.72 Å². The third-order valence-electron chi connectivity index (χ3n) is 2.77. The molecule has 6 heteroatoms. The highest BCUT2D eigenvalue weighted by Gasteiger charge is 2.17. The molecule has 0 heterocycles. The Bertz CT molecular complexity index is 737. The van der Waals surface area contributed by atoms with Crippen LogP contribution in [0.3, 0.4) is 0 Å². The Morgan fingerprint density at radius 2 is 1.85 bits per heavy atom. The second-order valence-electron chi connectivity index (χ2n) is 4.50. The van der Waals surface area contributed by atoms with Gasteiger partial charge in [-0.15, -0.1) is 0 Å². The normalized spacial score (nSPS) is 11.4. The minimum atomic E-state index is -3.66. The lowest BCUT2D eigenvalue weighted by molar-refractivity contribution is 0.601. The monoisotopic (exact) mass is 373 g/mol. The highest BCUT2D eigenvalue weighted by molar-refractivity contribution is 9.10. The fraction of sp³-hybridized carbons (Fsp3) is 0.143. The predicted molar refractivity (Wildman–Crippen MR) is 85.9 cm³/mol. The first-order valence-electron chi connectivity index (χ1n) is 5.85. The molecule has 1 N–H and O–H groups in total. The third-order valence-corrected chi connectivity index (χ3v) is 4.98. The van der Waals surface area contributed by atoms with Crippen molar-refractivity contribution in [2.75, 3.05) is 4.72 Å². The molecule has 2 aromatic carbocycles. The average Bonchev–Trinajstić information content (AvgIpc) is 2.34. The molecule has 0 fully saturated rings. The number of hydrogen-bond donors (Lipinski definition) is 1. The first-order valence-corrected chi connectivity index (χ1v) is 8.50. The van der Waals surface area contributed by atoms with Gasteiger partial charge in [0.05, 0.1) is 10.6 Å². The third kappa shape index (κ3) is 3.34. The molecule has 20 heavy (non-hydrogen) atoms. The van der Waals surface area contributed by atoms with Crippen LogP contribution in [-0.4, -0.2) is 8.42 Å². The summed E-state index contributed by atoms with van der Waals surface area (Å²) in [5, 5.41) is 0.382. The fourth-order valence-corrected chi connectivity index (χ4v) is 4.23. The molecule has 106 valence electrons. The molecule has 0 aliphatic rings. The van der Waals surface area contributed by atoms with Crippen LogP contribution < -0.4 is 4.72 Å². The largest absolute Gasteiger partial charge is 0.278 e. The van der Waals surface area contributed by atoms with Crippen molar-refractivity contribution in [3.05, 3.63) is 57.0 Å². The lowest BCUT2D eigenvalue weighted by Crippen LogP contribution is -2.14. The van der Waals surface area contributed by atoms with Crippen molar-refractivity contribution in [1.29, 1.82) is 0 Å². The van der Waals surface area contributed by atoms with E-state index in [1.165, 1.54) is 12.1 Å². The Morgan fingerprint density at radius 3 is 2.45 bits per heavy atom. The molecule has 0 saturated carbocycles. The van der Waals surface area contributed by atoms with Crippen LogP contribution in [0.5, 0.6) is 0 Å². The molecular formula is C14H13BrClNO2S. The van der Waals surface area contributed by atoms with E-state index >= 15 is 0 Å². The molecule has 0 aliphatic carbocycles. The van der Waals surface area contributed by atoms with E-state index < -0.39 is 10.0 Å². The summed E-state index contributed by atoms with van der Waals surface area (Å²) in [5.41, 5.74) is 2.44. The van der Waals surface area contributed by atoms with E-state index in [-0.39, 0.29) is 4.90 Å². The lowest BCUT2D eigenvalue weighted by Gasteiger charge is -2.13. The first kappa shape index (κ1) is 15.4. The predicted octanol–water partition coefficient (Wildman–Crippen LogP) is 4.52. The van der Waals surface area contributed by atoms with Crippen LogP contribution in [0, 0.1) is 13.8 Å². The summed E-state index contributed by atoms with van der Waals surface area (Å²) in [6.45, 7) is 3.81. The summed E-state index contributed by atoms with van der Waals surface area (Å²) in [5.74, 6) is 0. The highest BCUT2D eigenvalue weighted by atomic mass is 79.9. The van der Waals surface area contributed by atoms with Crippen LogP contribution >= 0.6 is 27.5 Å². The van der Waals surface area contributed by atoms with Gasteiger partial charge in [-0.2, -0.15) is 0 Å². The number of sulfonamides is 1. The Labute approximate surface area is 132 Å². The number of aryl methyl sites for hydroxylation is 2. The summed E-state index contributed by atoms with van der Waals surface area (Å²) < 4.78 is 28.0. The number of hydrogen-bond acceptors (Lipinski definition) is 2. The van der Waals surface area contributed by atoms with E-state index in [9.17, 15) is 8.42 Å². The van der Waals surface area contributed by atoms with Gasteiger partial charge in [-0.05, 0) is 65.2 Å². The van der Waals surface area contributed by atoms with Crippen molar-refractivity contribution in [3.63, 3.8) is 0 Å². The van der Waals surface area contributed by atoms with Crippen molar-refractivity contribution in [3.8, 4) is 0 Å². The molecule has 0 bridgehead atoms. The maximum Gasteiger partial charge on any atom is 0.261 e. The fourth-order valence-electron chi connectivity index (χ4n) is 1.87. The zero-order valence-electron chi connectivity index (χ0n) is 10.9. The zero-order valence-corrected chi connectivity index (χ0v) is 14.1. The van der Waals surface area contributed by atoms with Crippen molar-refractivity contribution < 1.29 is 8.42 Å². The second-order valence-corrected chi connectivity index (χ2v) is 7.47. The van der Waals surface area contributed by atoms with Crippen LogP contribution in [0.25, 0.3) is 0 Å². The summed E-state index contributed by atoms with van der Waals surface area (Å²) in [6, 6.07) is 9.94. The highest BCUT2D eigenvalue weighted by Crippen LogP contribution is 2.30. The molecule has 0 aliphatic heterocycles. The van der Waals surface area contributed by atoms with Gasteiger partial charge < -0.3 is 0 Å². The van der Waals surface area contributed by atoms with Gasteiger partial charge in [0, 0.05) is 9.50 Å². The van der Waals surface area contributed by atoms with Gasteiger partial charge in [0.25, 0.3) is 10.0 Å². The van der Waals surface area contributed by atoms with E-state index in [4.69, 9.17) is 11.6 Å². The van der Waals surface area contributed by atoms with Crippen molar-refractivity contribution in [2.45, 2.75) is 18.7 Å². The maximum atomic E-state index is 12.4. The van der Waals surface area contributed by atoms with Gasteiger partial charge in [0.2, 0.25) is 0 Å². The van der Waals surface area contributed by atoms with E-state index in [0.717, 1.165) is 11.1 Å². The number of rotatable bonds is 3. The summed E-state index contributed by atoms with van der Waals surface area (Å²) in [4.78, 5) is 0.136. The van der Waals surface area contributed by atoms with E-state index in [1.807, 2.05) is 26.0 Å². The molecular weight excluding hydrogens is 362 g/mol. The van der Waals surface area contributed by atoms with Crippen LogP contribution in [-0.2, 0) is 10.0 Å². The summed E-state index contributed by atoms with van der Waals surface area (Å²) >= 11 is 9.22. The Kier molecular flexibility index (Phi) is 4.42. The Balaban J connectivity index is 2.44. The van der Waals surface area contributed by atoms with Crippen molar-refractivity contribution in [2.24, 2.45) is 0 Å². The lowest BCUT2D eigenvalue weighted by atomic mass is 10.1. The van der Waals surface area contributed by atoms with Gasteiger partial charge in [0.1, 0.15) is 0 Å². The van der Waals surface area contributed by atoms with Crippen molar-refractivity contribution >= 4 is 43.2 Å². The van der Waals surface area contributed by atoms with Crippen LogP contribution in [0.15, 0.2) is 45.8 Å². The van der Waals surface area contributed by atoms with E-state index in [1.54, 1.807) is 12.1 Å². The topological polar surface area (TPSA) is 46.2 Å². The molecule has 0 atom stereocenters. The van der Waals surface area contributed by atoms with E-state index in [2.05, 4.69) is 20.7 Å². The molecule has 0 aromatic heterocycles. The van der Waals surface area contributed by atoms with Crippen LogP contribution in [0.2, 0.25) is 5.02 Å². The molecule has 0 amide bonds. The summed E-state index contributed by atoms with van der Waals surface area (Å²) in [7, 11) is -3.66. The average molecular weight is 375 g/mol. The standard InChI is InChI=1S/C14H13BrClNO2S/c1-9-6-10(2)14(13(15)7-9)17-20(18,19)12-5-3-4-11(16)8-12/h3-8,17H,1-2H3. The van der Waals surface area contributed by atoms with Gasteiger partial charge >= 0.3 is 0 Å². The summed E-state index contributed by atoms with van der Waals surface area (Å²) in [6.07, 6.45) is 0. The van der Waals surface area contributed by atoms with Crippen LogP contribution in [0.1, 0.15) is 11.1 Å². The SMILES string of the molecule is Cc1cc(C)c(NS(=O)(=O)c2cccc(Cl)c2)c(Br)c1. The second kappa shape index (κ2) is 5.76. The van der Waals surface area contributed by atoms with Crippen LogP contribution in [0.4, 0.5) is 5.69 Å². The smallest absolute Gasteiger partial charge is 0.261 e. The van der Waals surface area contributed by atoms with Gasteiger partial charge in [-0.25, -0.2) is 8.42 Å². The number of benzene rings is 2. The quantitative estimate of drug-likeness (QED) is 0.858. The molecule has 2 aromatic rings. The Hall–Kier alpha value is -1.04. The minimum Gasteiger partial charge on any atom is -0.278 e. The molecule has 0 radical (unpaired) electrons. The van der Waals surface area contributed by atoms with Gasteiger partial charge in [0.15, 0.2) is 0 Å². The van der Waals surface area contributed by atoms with E-state index in [0.29, 0.717) is 15.2 Å². The first-order chi connectivity index (χ1) is 9.29. The Morgan fingerprint density at radius 1 is 1.15 bits per heavy atom. The van der Waals surface area contributed by atoms with Crippen molar-refractivity contribution in [1.82, 2.24) is 0 Å². The molecule has 0 spiro atoms. The maximum absolute atomic E-state index is 12.4. The molecule has 3 nitrogen and oxygen atoms in total. The number of nitrogens with one attached hydrogen (secondary N) is 1. The minimum absolute atomic E-state index is 0.136. The number of halogens is 2. The zero-order chi connectivity index (χ0) is 14.9.